The average Bonchev–Trinajstić information content (AvgIpc) is 2.88. The number of hydrogen-bond acceptors (Lipinski definition) is 9. The van der Waals surface area contributed by atoms with Crippen molar-refractivity contribution >= 4 is 32.6 Å². The third-order valence-electron chi connectivity index (χ3n) is 5.59. The maximum absolute atomic E-state index is 14.2. The highest BCUT2D eigenvalue weighted by Gasteiger charge is 2.22. The first-order chi connectivity index (χ1) is 17.0. The van der Waals surface area contributed by atoms with Gasteiger partial charge in [-0.3, -0.25) is 4.72 Å². The zero-order valence-corrected chi connectivity index (χ0v) is 19.6. The first-order valence-electron chi connectivity index (χ1n) is 10.9. The number of methoxy groups -OCH3 is 1. The Morgan fingerprint density at radius 1 is 1.09 bits per heavy atom. The second kappa shape index (κ2) is 9.39. The van der Waals surface area contributed by atoms with Crippen LogP contribution in [0.2, 0.25) is 0 Å². The van der Waals surface area contributed by atoms with Gasteiger partial charge in [0.1, 0.15) is 28.2 Å². The number of benzene rings is 1. The van der Waals surface area contributed by atoms with E-state index in [-0.39, 0.29) is 11.6 Å². The van der Waals surface area contributed by atoms with Gasteiger partial charge in [0.2, 0.25) is 5.88 Å². The predicted molar refractivity (Wildman–Crippen MR) is 129 cm³/mol. The van der Waals surface area contributed by atoms with Crippen molar-refractivity contribution < 1.29 is 17.5 Å². The summed E-state index contributed by atoms with van der Waals surface area (Å²) in [5.74, 6) is -0.0840. The van der Waals surface area contributed by atoms with E-state index in [4.69, 9.17) is 9.72 Å². The van der Waals surface area contributed by atoms with Gasteiger partial charge >= 0.3 is 0 Å². The lowest BCUT2D eigenvalue weighted by Gasteiger charge is -2.28. The van der Waals surface area contributed by atoms with Crippen LogP contribution in [0, 0.1) is 5.82 Å². The van der Waals surface area contributed by atoms with Gasteiger partial charge in [-0.05, 0) is 30.3 Å². The molecule has 1 fully saturated rings. The fourth-order valence-electron chi connectivity index (χ4n) is 3.89. The fraction of sp³-hybridized carbons (Fsp3) is 0.217. The monoisotopic (exact) mass is 495 g/mol. The van der Waals surface area contributed by atoms with Crippen LogP contribution in [0.5, 0.6) is 5.88 Å². The molecule has 1 saturated heterocycles. The Morgan fingerprint density at radius 2 is 1.89 bits per heavy atom. The van der Waals surface area contributed by atoms with Gasteiger partial charge in [-0.2, -0.15) is 0 Å². The quantitative estimate of drug-likeness (QED) is 0.415. The van der Waals surface area contributed by atoms with Crippen LogP contribution in [-0.4, -0.2) is 61.6 Å². The molecule has 1 aromatic carbocycles. The molecule has 0 amide bonds. The number of nitrogens with zero attached hydrogens (tertiary/aromatic N) is 5. The molecule has 0 aliphatic carbocycles. The first kappa shape index (κ1) is 22.9. The predicted octanol–water partition coefficient (Wildman–Crippen LogP) is 2.44. The fourth-order valence-corrected chi connectivity index (χ4v) is 5.01. The lowest BCUT2D eigenvalue weighted by atomic mass is 10.1. The molecule has 1 aliphatic heterocycles. The van der Waals surface area contributed by atoms with Crippen molar-refractivity contribution in [1.29, 1.82) is 0 Å². The first-order valence-corrected chi connectivity index (χ1v) is 12.3. The van der Waals surface area contributed by atoms with Crippen molar-refractivity contribution in [3.05, 3.63) is 60.8 Å². The summed E-state index contributed by atoms with van der Waals surface area (Å²) >= 11 is 0. The third-order valence-corrected chi connectivity index (χ3v) is 6.99. The molecule has 0 saturated carbocycles. The van der Waals surface area contributed by atoms with E-state index in [1.807, 2.05) is 6.07 Å². The molecule has 5 rings (SSSR count). The summed E-state index contributed by atoms with van der Waals surface area (Å²) in [5, 5.41) is 3.32. The van der Waals surface area contributed by atoms with E-state index in [9.17, 15) is 12.8 Å². The summed E-state index contributed by atoms with van der Waals surface area (Å²) < 4.78 is 47.5. The second-order valence-electron chi connectivity index (χ2n) is 7.82. The van der Waals surface area contributed by atoms with Crippen LogP contribution in [0.3, 0.4) is 0 Å². The standard InChI is InChI=1S/C23H22FN7O3S/c1-34-23-19(30-35(32,33)20-5-3-2-4-16(20)24)12-15(13-26-23)17-6-7-18-21(29-17)22(28-14-27-18)31-10-8-25-9-11-31/h2-7,12-14,25,30H,8-11H2,1H3. The number of aromatic nitrogens is 4. The lowest BCUT2D eigenvalue weighted by Crippen LogP contribution is -2.44. The molecule has 0 spiro atoms. The minimum absolute atomic E-state index is 0.0410. The van der Waals surface area contributed by atoms with E-state index in [0.29, 0.717) is 22.3 Å². The van der Waals surface area contributed by atoms with Gasteiger partial charge in [0.15, 0.2) is 5.82 Å². The highest BCUT2D eigenvalue weighted by molar-refractivity contribution is 7.92. The molecule has 1 aliphatic rings. The van der Waals surface area contributed by atoms with Crippen molar-refractivity contribution in [2.45, 2.75) is 4.90 Å². The Kier molecular flexibility index (Phi) is 6.14. The van der Waals surface area contributed by atoms with Crippen molar-refractivity contribution in [3.63, 3.8) is 0 Å². The van der Waals surface area contributed by atoms with Gasteiger partial charge in [0.25, 0.3) is 10.0 Å². The molecule has 4 heterocycles. The molecule has 2 N–H and O–H groups in total. The highest BCUT2D eigenvalue weighted by atomic mass is 32.2. The summed E-state index contributed by atoms with van der Waals surface area (Å²) in [6.45, 7) is 3.28. The number of anilines is 2. The molecule has 12 heteroatoms. The molecule has 3 aromatic heterocycles. The topological polar surface area (TPSA) is 122 Å². The van der Waals surface area contributed by atoms with E-state index >= 15 is 0 Å². The van der Waals surface area contributed by atoms with Crippen LogP contribution in [0.15, 0.2) is 59.9 Å². The number of sulfonamides is 1. The van der Waals surface area contributed by atoms with Gasteiger partial charge in [0, 0.05) is 37.9 Å². The number of hydrogen-bond donors (Lipinski definition) is 2. The summed E-state index contributed by atoms with van der Waals surface area (Å²) in [7, 11) is -2.86. The number of ether oxygens (including phenoxy) is 1. The zero-order valence-electron chi connectivity index (χ0n) is 18.8. The van der Waals surface area contributed by atoms with Crippen LogP contribution in [-0.2, 0) is 10.0 Å². The number of rotatable bonds is 6. The maximum atomic E-state index is 14.2. The number of halogens is 1. The summed E-state index contributed by atoms with van der Waals surface area (Å²) in [6.07, 6.45) is 3.05. The number of fused-ring (bicyclic) bond motifs is 1. The van der Waals surface area contributed by atoms with Gasteiger partial charge in [-0.1, -0.05) is 12.1 Å². The molecule has 0 bridgehead atoms. The Morgan fingerprint density at radius 3 is 2.66 bits per heavy atom. The molecular formula is C23H22FN7O3S. The summed E-state index contributed by atoms with van der Waals surface area (Å²) in [5.41, 5.74) is 2.47. The highest BCUT2D eigenvalue weighted by Crippen LogP contribution is 2.31. The summed E-state index contributed by atoms with van der Waals surface area (Å²) in [4.78, 5) is 19.5. The smallest absolute Gasteiger partial charge is 0.264 e. The van der Waals surface area contributed by atoms with Gasteiger partial charge in [-0.25, -0.2) is 32.7 Å². The molecule has 10 nitrogen and oxygen atoms in total. The minimum atomic E-state index is -4.23. The van der Waals surface area contributed by atoms with Crippen molar-refractivity contribution in [1.82, 2.24) is 25.3 Å². The second-order valence-corrected chi connectivity index (χ2v) is 9.47. The van der Waals surface area contributed by atoms with E-state index in [2.05, 4.69) is 29.9 Å². The Bertz CT molecular complexity index is 1490. The molecule has 0 atom stereocenters. The van der Waals surface area contributed by atoms with Crippen LogP contribution >= 0.6 is 0 Å². The summed E-state index contributed by atoms with van der Waals surface area (Å²) in [6, 6.07) is 10.3. The van der Waals surface area contributed by atoms with Crippen LogP contribution in [0.1, 0.15) is 0 Å². The minimum Gasteiger partial charge on any atom is -0.480 e. The van der Waals surface area contributed by atoms with Gasteiger partial charge in [-0.15, -0.1) is 0 Å². The Hall–Kier alpha value is -3.90. The third kappa shape index (κ3) is 4.57. The molecule has 0 radical (unpaired) electrons. The average molecular weight is 496 g/mol. The van der Waals surface area contributed by atoms with E-state index in [1.54, 1.807) is 12.1 Å². The van der Waals surface area contributed by atoms with Crippen molar-refractivity contribution in [2.75, 3.05) is 42.9 Å². The van der Waals surface area contributed by atoms with Crippen molar-refractivity contribution in [2.24, 2.45) is 0 Å². The van der Waals surface area contributed by atoms with Crippen LogP contribution in [0.4, 0.5) is 15.9 Å². The lowest BCUT2D eigenvalue weighted by molar-refractivity contribution is 0.400. The number of pyridine rings is 2. The molecule has 0 unspecified atom stereocenters. The van der Waals surface area contributed by atoms with Crippen LogP contribution < -0.4 is 19.7 Å². The molecule has 4 aromatic rings. The van der Waals surface area contributed by atoms with Gasteiger partial charge < -0.3 is 15.0 Å². The molecule has 35 heavy (non-hydrogen) atoms. The molecular weight excluding hydrogens is 473 g/mol. The van der Waals surface area contributed by atoms with E-state index < -0.39 is 20.7 Å². The number of nitrogens with one attached hydrogen (secondary N) is 2. The maximum Gasteiger partial charge on any atom is 0.264 e. The molecule has 180 valence electrons. The normalized spacial score (nSPS) is 14.2. The largest absolute Gasteiger partial charge is 0.480 e. The Balaban J connectivity index is 1.55. The number of piperazine rings is 1. The van der Waals surface area contributed by atoms with E-state index in [0.717, 1.165) is 38.1 Å². The van der Waals surface area contributed by atoms with E-state index in [1.165, 1.54) is 37.8 Å². The Labute approximate surface area is 201 Å². The van der Waals surface area contributed by atoms with Crippen molar-refractivity contribution in [3.8, 4) is 17.1 Å². The SMILES string of the molecule is COc1ncc(-c2ccc3ncnc(N4CCNCC4)c3n2)cc1NS(=O)(=O)c1ccccc1F. The van der Waals surface area contributed by atoms with Gasteiger partial charge in [0.05, 0.1) is 18.3 Å². The zero-order chi connectivity index (χ0) is 24.4. The van der Waals surface area contributed by atoms with Crippen LogP contribution in [0.25, 0.3) is 22.3 Å².